The molecule has 3 rings (SSSR count). The summed E-state index contributed by atoms with van der Waals surface area (Å²) in [4.78, 5) is 0.177. The molecule has 0 unspecified atom stereocenters. The minimum absolute atomic E-state index is 0.177. The maximum Gasteiger partial charge on any atom is 0.261 e. The molecule has 2 N–H and O–H groups in total. The van der Waals surface area contributed by atoms with Crippen molar-refractivity contribution in [1.29, 1.82) is 0 Å². The van der Waals surface area contributed by atoms with Crippen LogP contribution in [0.15, 0.2) is 53.6 Å². The van der Waals surface area contributed by atoms with Gasteiger partial charge in [0.05, 0.1) is 28.9 Å². The average molecular weight is 317 g/mol. The van der Waals surface area contributed by atoms with Gasteiger partial charge in [-0.2, -0.15) is 5.10 Å². The van der Waals surface area contributed by atoms with Gasteiger partial charge in [-0.1, -0.05) is 6.07 Å². The molecule has 2 aromatic carbocycles. The molecule has 0 saturated heterocycles. The first kappa shape index (κ1) is 14.4. The van der Waals surface area contributed by atoms with Crippen LogP contribution >= 0.6 is 0 Å². The summed E-state index contributed by atoms with van der Waals surface area (Å²) in [5, 5.41) is 7.45. The third kappa shape index (κ3) is 2.75. The van der Waals surface area contributed by atoms with E-state index in [0.29, 0.717) is 18.0 Å². The number of fused-ring (bicyclic) bond motifs is 1. The van der Waals surface area contributed by atoms with Crippen LogP contribution in [0.2, 0.25) is 0 Å². The first-order valence-electron chi connectivity index (χ1n) is 6.78. The Kier molecular flexibility index (Phi) is 3.72. The number of aromatic nitrogens is 2. The van der Waals surface area contributed by atoms with Crippen molar-refractivity contribution in [2.24, 2.45) is 0 Å². The van der Waals surface area contributed by atoms with Crippen molar-refractivity contribution in [2.45, 2.75) is 11.8 Å². The Morgan fingerprint density at radius 3 is 2.68 bits per heavy atom. The van der Waals surface area contributed by atoms with E-state index >= 15 is 0 Å². The Bertz CT molecular complexity index is 886. The molecule has 6 nitrogen and oxygen atoms in total. The summed E-state index contributed by atoms with van der Waals surface area (Å²) < 4.78 is 32.8. The number of nitrogens with zero attached hydrogens (tertiary/aromatic N) is 1. The molecule has 114 valence electrons. The number of H-pyrrole nitrogens is 1. The van der Waals surface area contributed by atoms with Crippen molar-refractivity contribution in [2.75, 3.05) is 11.3 Å². The van der Waals surface area contributed by atoms with Gasteiger partial charge in [0.15, 0.2) is 0 Å². The van der Waals surface area contributed by atoms with Crippen LogP contribution in [-0.2, 0) is 10.0 Å². The standard InChI is InChI=1S/C15H15N3O3S/c1-2-21-11-6-8-12(9-7-11)22(19,20)18-15-5-3-4-14-13(15)10-16-17-14/h3-10,18H,2H2,1H3,(H,16,17). The zero-order valence-electron chi connectivity index (χ0n) is 11.9. The SMILES string of the molecule is CCOc1ccc(S(=O)(=O)Nc2cccc3[nH]ncc23)cc1. The van der Waals surface area contributed by atoms with Crippen molar-refractivity contribution in [1.82, 2.24) is 10.2 Å². The molecule has 22 heavy (non-hydrogen) atoms. The van der Waals surface area contributed by atoms with Gasteiger partial charge in [0.1, 0.15) is 5.75 Å². The van der Waals surface area contributed by atoms with Crippen LogP contribution < -0.4 is 9.46 Å². The Morgan fingerprint density at radius 2 is 1.95 bits per heavy atom. The lowest BCUT2D eigenvalue weighted by molar-refractivity contribution is 0.340. The highest BCUT2D eigenvalue weighted by molar-refractivity contribution is 7.92. The number of hydrogen-bond acceptors (Lipinski definition) is 4. The number of nitrogens with one attached hydrogen (secondary N) is 2. The monoisotopic (exact) mass is 317 g/mol. The Morgan fingerprint density at radius 1 is 1.18 bits per heavy atom. The summed E-state index contributed by atoms with van der Waals surface area (Å²) >= 11 is 0. The summed E-state index contributed by atoms with van der Waals surface area (Å²) in [6.07, 6.45) is 1.59. The maximum atomic E-state index is 12.5. The Hall–Kier alpha value is -2.54. The van der Waals surface area contributed by atoms with E-state index in [2.05, 4.69) is 14.9 Å². The molecule has 1 heterocycles. The van der Waals surface area contributed by atoms with Crippen LogP contribution in [0, 0.1) is 0 Å². The molecule has 0 aliphatic heterocycles. The number of anilines is 1. The molecule has 0 saturated carbocycles. The van der Waals surface area contributed by atoms with Gasteiger partial charge in [-0.3, -0.25) is 9.82 Å². The molecule has 0 aliphatic carbocycles. The predicted molar refractivity (Wildman–Crippen MR) is 84.5 cm³/mol. The number of aromatic amines is 1. The molecular weight excluding hydrogens is 302 g/mol. The summed E-state index contributed by atoms with van der Waals surface area (Å²) in [6.45, 7) is 2.41. The minimum Gasteiger partial charge on any atom is -0.494 e. The maximum absolute atomic E-state index is 12.5. The second-order valence-electron chi connectivity index (χ2n) is 4.65. The van der Waals surface area contributed by atoms with E-state index in [1.165, 1.54) is 12.1 Å². The molecule has 0 aliphatic rings. The van der Waals surface area contributed by atoms with Crippen LogP contribution in [-0.4, -0.2) is 25.2 Å². The zero-order valence-corrected chi connectivity index (χ0v) is 12.7. The van der Waals surface area contributed by atoms with E-state index in [1.807, 2.05) is 13.0 Å². The van der Waals surface area contributed by atoms with E-state index in [9.17, 15) is 8.42 Å². The molecule has 0 atom stereocenters. The number of benzene rings is 2. The molecular formula is C15H15N3O3S. The van der Waals surface area contributed by atoms with Crippen LogP contribution in [0.25, 0.3) is 10.9 Å². The quantitative estimate of drug-likeness (QED) is 0.758. The molecule has 1 aromatic heterocycles. The lowest BCUT2D eigenvalue weighted by Gasteiger charge is -2.09. The highest BCUT2D eigenvalue weighted by Crippen LogP contribution is 2.25. The van der Waals surface area contributed by atoms with E-state index in [4.69, 9.17) is 4.74 Å². The van der Waals surface area contributed by atoms with Crippen LogP contribution in [0.1, 0.15) is 6.92 Å². The molecule has 3 aromatic rings. The smallest absolute Gasteiger partial charge is 0.261 e. The number of sulfonamides is 1. The average Bonchev–Trinajstić information content (AvgIpc) is 2.97. The van der Waals surface area contributed by atoms with Crippen LogP contribution in [0.4, 0.5) is 5.69 Å². The molecule has 0 amide bonds. The molecule has 7 heteroatoms. The lowest BCUT2D eigenvalue weighted by Crippen LogP contribution is -2.13. The fraction of sp³-hybridized carbons (Fsp3) is 0.133. The largest absolute Gasteiger partial charge is 0.494 e. The van der Waals surface area contributed by atoms with Gasteiger partial charge in [0.25, 0.3) is 10.0 Å². The van der Waals surface area contributed by atoms with Gasteiger partial charge in [0.2, 0.25) is 0 Å². The number of hydrogen-bond donors (Lipinski definition) is 2. The summed E-state index contributed by atoms with van der Waals surface area (Å²) in [5.74, 6) is 0.637. The predicted octanol–water partition coefficient (Wildman–Crippen LogP) is 2.76. The van der Waals surface area contributed by atoms with Crippen molar-refractivity contribution >= 4 is 26.6 Å². The van der Waals surface area contributed by atoms with Crippen molar-refractivity contribution in [3.8, 4) is 5.75 Å². The second-order valence-corrected chi connectivity index (χ2v) is 6.33. The minimum atomic E-state index is -3.66. The zero-order chi connectivity index (χ0) is 15.6. The number of ether oxygens (including phenoxy) is 1. The van der Waals surface area contributed by atoms with Crippen molar-refractivity contribution in [3.63, 3.8) is 0 Å². The molecule has 0 fully saturated rings. The first-order valence-corrected chi connectivity index (χ1v) is 8.26. The number of rotatable bonds is 5. The van der Waals surface area contributed by atoms with Gasteiger partial charge >= 0.3 is 0 Å². The van der Waals surface area contributed by atoms with Gasteiger partial charge < -0.3 is 4.74 Å². The third-order valence-electron chi connectivity index (χ3n) is 3.17. The normalized spacial score (nSPS) is 11.5. The Labute approximate surface area is 128 Å². The fourth-order valence-electron chi connectivity index (χ4n) is 2.14. The molecule has 0 bridgehead atoms. The molecule has 0 radical (unpaired) electrons. The van der Waals surface area contributed by atoms with E-state index in [-0.39, 0.29) is 4.90 Å². The van der Waals surface area contributed by atoms with Gasteiger partial charge in [-0.15, -0.1) is 0 Å². The summed E-state index contributed by atoms with van der Waals surface area (Å²) in [5.41, 5.74) is 1.26. The summed E-state index contributed by atoms with van der Waals surface area (Å²) in [6, 6.07) is 11.6. The van der Waals surface area contributed by atoms with Crippen LogP contribution in [0.5, 0.6) is 5.75 Å². The van der Waals surface area contributed by atoms with Gasteiger partial charge in [-0.25, -0.2) is 8.42 Å². The fourth-order valence-corrected chi connectivity index (χ4v) is 3.22. The van der Waals surface area contributed by atoms with E-state index < -0.39 is 10.0 Å². The summed E-state index contributed by atoms with van der Waals surface area (Å²) in [7, 11) is -3.66. The molecule has 0 spiro atoms. The highest BCUT2D eigenvalue weighted by atomic mass is 32.2. The van der Waals surface area contributed by atoms with E-state index in [0.717, 1.165) is 10.9 Å². The Balaban J connectivity index is 1.91. The van der Waals surface area contributed by atoms with Gasteiger partial charge in [-0.05, 0) is 43.3 Å². The van der Waals surface area contributed by atoms with Gasteiger partial charge in [0, 0.05) is 5.39 Å². The van der Waals surface area contributed by atoms with Crippen LogP contribution in [0.3, 0.4) is 0 Å². The van der Waals surface area contributed by atoms with Crippen molar-refractivity contribution < 1.29 is 13.2 Å². The topological polar surface area (TPSA) is 84.1 Å². The highest BCUT2D eigenvalue weighted by Gasteiger charge is 2.16. The van der Waals surface area contributed by atoms with Crippen molar-refractivity contribution in [3.05, 3.63) is 48.7 Å². The van der Waals surface area contributed by atoms with E-state index in [1.54, 1.807) is 30.5 Å². The lowest BCUT2D eigenvalue weighted by atomic mass is 10.2. The third-order valence-corrected chi connectivity index (χ3v) is 4.56. The second kappa shape index (κ2) is 5.69. The first-order chi connectivity index (χ1) is 10.6.